The molecule has 0 aromatic carbocycles. The van der Waals surface area contributed by atoms with Gasteiger partial charge < -0.3 is 4.90 Å². The van der Waals surface area contributed by atoms with Gasteiger partial charge in [0, 0.05) is 19.3 Å². The number of hydrogen-bond acceptors (Lipinski definition) is 3. The molecule has 0 spiro atoms. The molecule has 3 heteroatoms. The number of likely N-dealkylation sites (N-methyl/N-ethyl adjacent to an activating group) is 1. The Bertz CT molecular complexity index is 497. The second-order valence-corrected chi connectivity index (χ2v) is 4.74. The number of anilines is 1. The highest BCUT2D eigenvalue weighted by molar-refractivity contribution is 5.56. The van der Waals surface area contributed by atoms with Crippen molar-refractivity contribution < 1.29 is 0 Å². The van der Waals surface area contributed by atoms with Gasteiger partial charge in [0.05, 0.1) is 5.56 Å². The van der Waals surface area contributed by atoms with Crippen molar-refractivity contribution in [1.82, 2.24) is 4.98 Å². The number of nitrogens with zero attached hydrogens (tertiary/aromatic N) is 3. The smallest absolute Gasteiger partial charge is 0.146 e. The van der Waals surface area contributed by atoms with E-state index in [9.17, 15) is 5.26 Å². The molecule has 0 bridgehead atoms. The monoisotopic (exact) mass is 227 g/mol. The molecule has 1 aliphatic rings. The Morgan fingerprint density at radius 1 is 1.59 bits per heavy atom. The fourth-order valence-corrected chi connectivity index (χ4v) is 2.31. The van der Waals surface area contributed by atoms with E-state index in [-0.39, 0.29) is 0 Å². The molecule has 0 atom stereocenters. The minimum absolute atomic E-state index is 0.675. The van der Waals surface area contributed by atoms with Crippen LogP contribution in [0.2, 0.25) is 0 Å². The standard InChI is InChI=1S/C14H17N3/c1-10(2)9-17(3)14-12(8-15)7-11-5-4-6-13(11)16-14/h7H,1,4-6,9H2,2-3H3. The molecule has 1 aromatic rings. The highest BCUT2D eigenvalue weighted by Crippen LogP contribution is 2.26. The topological polar surface area (TPSA) is 39.9 Å². The summed E-state index contributed by atoms with van der Waals surface area (Å²) in [6.07, 6.45) is 3.25. The second kappa shape index (κ2) is 4.58. The quantitative estimate of drug-likeness (QED) is 0.745. The van der Waals surface area contributed by atoms with Crippen molar-refractivity contribution in [2.45, 2.75) is 26.2 Å². The fourth-order valence-electron chi connectivity index (χ4n) is 2.31. The predicted molar refractivity (Wildman–Crippen MR) is 69.1 cm³/mol. The third-order valence-corrected chi connectivity index (χ3v) is 3.02. The molecule has 0 fully saturated rings. The molecule has 17 heavy (non-hydrogen) atoms. The lowest BCUT2D eigenvalue weighted by atomic mass is 10.1. The van der Waals surface area contributed by atoms with Crippen LogP contribution >= 0.6 is 0 Å². The van der Waals surface area contributed by atoms with Crippen molar-refractivity contribution >= 4 is 5.82 Å². The Morgan fingerprint density at radius 2 is 2.35 bits per heavy atom. The van der Waals surface area contributed by atoms with Crippen LogP contribution in [0.4, 0.5) is 5.82 Å². The van der Waals surface area contributed by atoms with Crippen LogP contribution in [0.1, 0.15) is 30.2 Å². The number of fused-ring (bicyclic) bond motifs is 1. The highest BCUT2D eigenvalue weighted by atomic mass is 15.2. The summed E-state index contributed by atoms with van der Waals surface area (Å²) < 4.78 is 0. The van der Waals surface area contributed by atoms with Gasteiger partial charge in [0.2, 0.25) is 0 Å². The molecule has 3 nitrogen and oxygen atoms in total. The van der Waals surface area contributed by atoms with E-state index in [1.165, 1.54) is 5.56 Å². The van der Waals surface area contributed by atoms with E-state index in [0.717, 1.165) is 42.9 Å². The molecule has 0 amide bonds. The first-order chi connectivity index (χ1) is 8.11. The molecule has 0 saturated carbocycles. The zero-order chi connectivity index (χ0) is 12.4. The SMILES string of the molecule is C=C(C)CN(C)c1nc2c(cc1C#N)CCC2. The molecule has 1 aromatic heterocycles. The zero-order valence-corrected chi connectivity index (χ0v) is 10.5. The van der Waals surface area contributed by atoms with Crippen LogP contribution in [0.3, 0.4) is 0 Å². The maximum atomic E-state index is 9.19. The van der Waals surface area contributed by atoms with E-state index in [1.54, 1.807) is 0 Å². The number of nitriles is 1. The van der Waals surface area contributed by atoms with E-state index in [2.05, 4.69) is 17.6 Å². The van der Waals surface area contributed by atoms with Gasteiger partial charge in [-0.3, -0.25) is 0 Å². The van der Waals surface area contributed by atoms with Gasteiger partial charge in [-0.15, -0.1) is 0 Å². The summed E-state index contributed by atoms with van der Waals surface area (Å²) in [5.41, 5.74) is 4.15. The molecule has 0 saturated heterocycles. The Labute approximate surface area is 102 Å². The second-order valence-electron chi connectivity index (χ2n) is 4.74. The van der Waals surface area contributed by atoms with Crippen LogP contribution in [0.5, 0.6) is 0 Å². The van der Waals surface area contributed by atoms with Gasteiger partial charge in [-0.25, -0.2) is 4.98 Å². The first kappa shape index (κ1) is 11.7. The molecule has 0 unspecified atom stereocenters. The van der Waals surface area contributed by atoms with Crippen LogP contribution in [-0.2, 0) is 12.8 Å². The number of aryl methyl sites for hydroxylation is 2. The molecule has 0 N–H and O–H groups in total. The van der Waals surface area contributed by atoms with E-state index in [4.69, 9.17) is 0 Å². The molecular weight excluding hydrogens is 210 g/mol. The first-order valence-corrected chi connectivity index (χ1v) is 5.90. The molecule has 1 aliphatic carbocycles. The number of aromatic nitrogens is 1. The highest BCUT2D eigenvalue weighted by Gasteiger charge is 2.18. The normalized spacial score (nSPS) is 13.0. The summed E-state index contributed by atoms with van der Waals surface area (Å²) in [5.74, 6) is 0.788. The summed E-state index contributed by atoms with van der Waals surface area (Å²) in [6.45, 7) is 6.61. The Morgan fingerprint density at radius 3 is 3.00 bits per heavy atom. The average molecular weight is 227 g/mol. The van der Waals surface area contributed by atoms with Gasteiger partial charge in [-0.2, -0.15) is 5.26 Å². The van der Waals surface area contributed by atoms with Gasteiger partial charge in [0.1, 0.15) is 11.9 Å². The van der Waals surface area contributed by atoms with Crippen LogP contribution < -0.4 is 4.90 Å². The minimum atomic E-state index is 0.675. The lowest BCUT2D eigenvalue weighted by molar-refractivity contribution is 0.890. The van der Waals surface area contributed by atoms with Crippen molar-refractivity contribution in [2.24, 2.45) is 0 Å². The van der Waals surface area contributed by atoms with Crippen molar-refractivity contribution in [3.05, 3.63) is 35.0 Å². The van der Waals surface area contributed by atoms with Gasteiger partial charge in [0.25, 0.3) is 0 Å². The van der Waals surface area contributed by atoms with Crippen molar-refractivity contribution in [3.8, 4) is 6.07 Å². The number of pyridine rings is 1. The molecule has 88 valence electrons. The van der Waals surface area contributed by atoms with Gasteiger partial charge in [-0.05, 0) is 37.8 Å². The maximum absolute atomic E-state index is 9.19. The molecule has 0 radical (unpaired) electrons. The predicted octanol–water partition coefficient (Wildman–Crippen LogP) is 2.45. The molecule has 2 rings (SSSR count). The van der Waals surface area contributed by atoms with Crippen LogP contribution in [-0.4, -0.2) is 18.6 Å². The maximum Gasteiger partial charge on any atom is 0.146 e. The number of hydrogen-bond donors (Lipinski definition) is 0. The minimum Gasteiger partial charge on any atom is -0.355 e. The summed E-state index contributed by atoms with van der Waals surface area (Å²) in [6, 6.07) is 4.25. The first-order valence-electron chi connectivity index (χ1n) is 5.90. The summed E-state index contributed by atoms with van der Waals surface area (Å²) in [7, 11) is 1.96. The zero-order valence-electron chi connectivity index (χ0n) is 10.5. The van der Waals surface area contributed by atoms with Crippen molar-refractivity contribution in [3.63, 3.8) is 0 Å². The lowest BCUT2D eigenvalue weighted by Gasteiger charge is -2.20. The van der Waals surface area contributed by atoms with Crippen LogP contribution in [0, 0.1) is 11.3 Å². The molecule has 1 heterocycles. The van der Waals surface area contributed by atoms with Crippen LogP contribution in [0.15, 0.2) is 18.2 Å². The summed E-state index contributed by atoms with van der Waals surface area (Å²) >= 11 is 0. The fraction of sp³-hybridized carbons (Fsp3) is 0.429. The Balaban J connectivity index is 2.39. The van der Waals surface area contributed by atoms with Gasteiger partial charge in [0.15, 0.2) is 0 Å². The van der Waals surface area contributed by atoms with Crippen molar-refractivity contribution in [1.29, 1.82) is 5.26 Å². The lowest BCUT2D eigenvalue weighted by Crippen LogP contribution is -2.22. The van der Waals surface area contributed by atoms with Crippen molar-refractivity contribution in [2.75, 3.05) is 18.5 Å². The number of rotatable bonds is 3. The Kier molecular flexibility index (Phi) is 3.14. The van der Waals surface area contributed by atoms with E-state index in [1.807, 2.05) is 24.9 Å². The van der Waals surface area contributed by atoms with Gasteiger partial charge in [-0.1, -0.05) is 12.2 Å². The summed E-state index contributed by atoms with van der Waals surface area (Å²) in [5, 5.41) is 9.19. The van der Waals surface area contributed by atoms with E-state index in [0.29, 0.717) is 5.56 Å². The third-order valence-electron chi connectivity index (χ3n) is 3.02. The van der Waals surface area contributed by atoms with Gasteiger partial charge >= 0.3 is 0 Å². The third kappa shape index (κ3) is 2.31. The van der Waals surface area contributed by atoms with E-state index < -0.39 is 0 Å². The van der Waals surface area contributed by atoms with E-state index >= 15 is 0 Å². The largest absolute Gasteiger partial charge is 0.355 e. The van der Waals surface area contributed by atoms with Crippen LogP contribution in [0.25, 0.3) is 0 Å². The summed E-state index contributed by atoms with van der Waals surface area (Å²) in [4.78, 5) is 6.64. The molecular formula is C14H17N3. The average Bonchev–Trinajstić information content (AvgIpc) is 2.73. The molecule has 0 aliphatic heterocycles. The Hall–Kier alpha value is -1.82.